The number of ether oxygens (including phenoxy) is 3. The number of carbonyl (C=O) groups excluding carboxylic acids is 1. The van der Waals surface area contributed by atoms with Crippen LogP contribution in [0.1, 0.15) is 72.4 Å². The topological polar surface area (TPSA) is 72.9 Å². The molecule has 7 nitrogen and oxygen atoms in total. The first kappa shape index (κ1) is 38.7. The molecular formula is C46H49Cl2N3O4. The number of aryl methyl sites for hydroxylation is 1. The lowest BCUT2D eigenvalue weighted by molar-refractivity contribution is -0.128. The number of benzene rings is 4. The first-order valence-corrected chi connectivity index (χ1v) is 20.0. The van der Waals surface area contributed by atoms with Gasteiger partial charge in [-0.25, -0.2) is 0 Å². The number of rotatable bonds is 12. The predicted octanol–water partition coefficient (Wildman–Crippen LogP) is 10.3. The van der Waals surface area contributed by atoms with Crippen molar-refractivity contribution in [1.29, 1.82) is 0 Å². The van der Waals surface area contributed by atoms with E-state index in [1.165, 1.54) is 27.8 Å². The second-order valence-corrected chi connectivity index (χ2v) is 15.8. The van der Waals surface area contributed by atoms with E-state index < -0.39 is 0 Å². The van der Waals surface area contributed by atoms with Gasteiger partial charge in [0.2, 0.25) is 5.91 Å². The maximum atomic E-state index is 14.0. The van der Waals surface area contributed by atoms with Gasteiger partial charge in [-0.05, 0) is 126 Å². The molecule has 3 unspecified atom stereocenters. The number of nitrogens with zero attached hydrogens (tertiary/aromatic N) is 2. The molecule has 1 aromatic heterocycles. The molecule has 55 heavy (non-hydrogen) atoms. The smallest absolute Gasteiger partial charge is 0.237 e. The zero-order valence-corrected chi connectivity index (χ0v) is 33.7. The van der Waals surface area contributed by atoms with Crippen LogP contribution in [0.5, 0.6) is 17.2 Å². The molecule has 2 aliphatic heterocycles. The second-order valence-electron chi connectivity index (χ2n) is 15.0. The number of hydrogen-bond acceptors (Lipinski definition) is 6. The molecule has 0 saturated heterocycles. The van der Waals surface area contributed by atoms with E-state index in [1.54, 1.807) is 6.07 Å². The highest BCUT2D eigenvalue weighted by Gasteiger charge is 2.37. The van der Waals surface area contributed by atoms with Crippen molar-refractivity contribution in [2.24, 2.45) is 5.92 Å². The van der Waals surface area contributed by atoms with E-state index in [4.69, 9.17) is 37.4 Å². The van der Waals surface area contributed by atoms with Crippen molar-refractivity contribution in [3.63, 3.8) is 0 Å². The standard InChI is InChI=1S/C46H49Cl2N3O4/c1-6-41(28(2)3)51-25-36-24-44-43(54-27-45(55-44)34-12-14-37(15-13-34)53-26-32-9-16-39(47)40(48)21-32)23-35(36)22-42(51)46(52)50-19-17-31-7-10-33(11-8-31)38-18-20-49-30(5)29(38)4/h7-16,18,20-21,23-24,28,41-42,45H,6,17,19,22,25-27H2,1-5H3,(H,50,52). The highest BCUT2D eigenvalue weighted by molar-refractivity contribution is 6.42. The average Bonchev–Trinajstić information content (AvgIpc) is 3.19. The van der Waals surface area contributed by atoms with E-state index in [0.717, 1.165) is 52.5 Å². The molecule has 0 aliphatic carbocycles. The fourth-order valence-corrected chi connectivity index (χ4v) is 8.16. The maximum absolute atomic E-state index is 14.0. The lowest BCUT2D eigenvalue weighted by Crippen LogP contribution is -2.55. The Balaban J connectivity index is 0.999. The molecule has 286 valence electrons. The van der Waals surface area contributed by atoms with Crippen molar-refractivity contribution in [3.05, 3.63) is 140 Å². The van der Waals surface area contributed by atoms with Gasteiger partial charge in [0.25, 0.3) is 0 Å². The van der Waals surface area contributed by atoms with Crippen LogP contribution in [0.3, 0.4) is 0 Å². The molecule has 7 rings (SSSR count). The predicted molar refractivity (Wildman–Crippen MR) is 220 cm³/mol. The molecule has 1 N–H and O–H groups in total. The Morgan fingerprint density at radius 2 is 1.67 bits per heavy atom. The lowest BCUT2D eigenvalue weighted by Gasteiger charge is -2.43. The summed E-state index contributed by atoms with van der Waals surface area (Å²) in [7, 11) is 0. The van der Waals surface area contributed by atoms with Crippen LogP contribution in [0.15, 0.2) is 91.1 Å². The zero-order chi connectivity index (χ0) is 38.6. The van der Waals surface area contributed by atoms with E-state index >= 15 is 0 Å². The fraction of sp³-hybridized carbons (Fsp3) is 0.348. The Hall–Kier alpha value is -4.56. The van der Waals surface area contributed by atoms with Crippen molar-refractivity contribution >= 4 is 29.1 Å². The Bertz CT molecular complexity index is 2140. The molecule has 3 heterocycles. The summed E-state index contributed by atoms with van der Waals surface area (Å²) >= 11 is 12.2. The lowest BCUT2D eigenvalue weighted by atomic mass is 9.88. The summed E-state index contributed by atoms with van der Waals surface area (Å²) in [6, 6.07) is 28.3. The third-order valence-electron chi connectivity index (χ3n) is 11.1. The van der Waals surface area contributed by atoms with Gasteiger partial charge in [0, 0.05) is 31.0 Å². The van der Waals surface area contributed by atoms with Crippen molar-refractivity contribution < 1.29 is 19.0 Å². The van der Waals surface area contributed by atoms with Crippen LogP contribution in [0.25, 0.3) is 11.1 Å². The van der Waals surface area contributed by atoms with E-state index in [0.29, 0.717) is 48.7 Å². The quantitative estimate of drug-likeness (QED) is 0.136. The van der Waals surface area contributed by atoms with Crippen molar-refractivity contribution in [2.45, 2.75) is 85.2 Å². The zero-order valence-electron chi connectivity index (χ0n) is 32.2. The minimum absolute atomic E-state index is 0.0728. The molecule has 4 aromatic carbocycles. The highest BCUT2D eigenvalue weighted by atomic mass is 35.5. The number of pyridine rings is 1. The molecule has 1 amide bonds. The summed E-state index contributed by atoms with van der Waals surface area (Å²) in [5.41, 5.74) is 10.1. The monoisotopic (exact) mass is 777 g/mol. The van der Waals surface area contributed by atoms with Crippen LogP contribution >= 0.6 is 23.2 Å². The SMILES string of the molecule is CCC(C(C)C)N1Cc2cc3c(cc2CC1C(=O)NCCc1ccc(-c2ccnc(C)c2C)cc1)OCC(c1ccc(OCc2ccc(Cl)c(Cl)c2)cc1)O3. The Morgan fingerprint density at radius 1 is 0.927 bits per heavy atom. The summed E-state index contributed by atoms with van der Waals surface area (Å²) in [6.45, 7) is 12.9. The average molecular weight is 779 g/mol. The summed E-state index contributed by atoms with van der Waals surface area (Å²) in [5.74, 6) is 2.67. The first-order chi connectivity index (χ1) is 26.6. The van der Waals surface area contributed by atoms with Gasteiger partial charge >= 0.3 is 0 Å². The van der Waals surface area contributed by atoms with Crippen LogP contribution in [-0.4, -0.2) is 41.0 Å². The largest absolute Gasteiger partial charge is 0.489 e. The van der Waals surface area contributed by atoms with Gasteiger partial charge in [-0.1, -0.05) is 86.4 Å². The summed E-state index contributed by atoms with van der Waals surface area (Å²) < 4.78 is 18.9. The van der Waals surface area contributed by atoms with Crippen LogP contribution in [-0.2, 0) is 30.8 Å². The summed E-state index contributed by atoms with van der Waals surface area (Å²) in [4.78, 5) is 20.8. The molecule has 5 aromatic rings. The molecule has 0 spiro atoms. The van der Waals surface area contributed by atoms with Gasteiger partial charge in [0.15, 0.2) is 17.6 Å². The van der Waals surface area contributed by atoms with E-state index in [-0.39, 0.29) is 24.1 Å². The fourth-order valence-electron chi connectivity index (χ4n) is 7.84. The van der Waals surface area contributed by atoms with E-state index in [2.05, 4.69) is 85.4 Å². The highest BCUT2D eigenvalue weighted by Crippen LogP contribution is 2.41. The minimum atomic E-state index is -0.271. The number of nitrogens with one attached hydrogen (secondary N) is 1. The first-order valence-electron chi connectivity index (χ1n) is 19.2. The second kappa shape index (κ2) is 17.1. The van der Waals surface area contributed by atoms with E-state index in [9.17, 15) is 4.79 Å². The van der Waals surface area contributed by atoms with Gasteiger partial charge in [-0.3, -0.25) is 14.7 Å². The molecule has 3 atom stereocenters. The normalized spacial score (nSPS) is 17.1. The summed E-state index contributed by atoms with van der Waals surface area (Å²) in [5, 5.41) is 4.32. The Kier molecular flexibility index (Phi) is 12.0. The van der Waals surface area contributed by atoms with Crippen LogP contribution in [0.2, 0.25) is 10.0 Å². The van der Waals surface area contributed by atoms with Crippen molar-refractivity contribution in [2.75, 3.05) is 13.2 Å². The van der Waals surface area contributed by atoms with Crippen molar-refractivity contribution in [1.82, 2.24) is 15.2 Å². The van der Waals surface area contributed by atoms with Crippen molar-refractivity contribution in [3.8, 4) is 28.4 Å². The number of fused-ring (bicyclic) bond motifs is 2. The van der Waals surface area contributed by atoms with Crippen LogP contribution in [0, 0.1) is 19.8 Å². The number of aromatic nitrogens is 1. The van der Waals surface area contributed by atoms with Gasteiger partial charge in [0.1, 0.15) is 19.0 Å². The van der Waals surface area contributed by atoms with Gasteiger partial charge in [0.05, 0.1) is 16.1 Å². The molecule has 0 bridgehead atoms. The number of hydrogen-bond donors (Lipinski definition) is 1. The molecule has 0 saturated carbocycles. The maximum Gasteiger partial charge on any atom is 0.237 e. The Labute approximate surface area is 334 Å². The third kappa shape index (κ3) is 8.80. The van der Waals surface area contributed by atoms with Gasteiger partial charge in [-0.15, -0.1) is 0 Å². The van der Waals surface area contributed by atoms with E-state index in [1.807, 2.05) is 49.5 Å². The molecule has 2 aliphatic rings. The third-order valence-corrected chi connectivity index (χ3v) is 11.8. The minimum Gasteiger partial charge on any atom is -0.489 e. The van der Waals surface area contributed by atoms with Gasteiger partial charge in [-0.2, -0.15) is 0 Å². The molecular weight excluding hydrogens is 729 g/mol. The summed E-state index contributed by atoms with van der Waals surface area (Å²) in [6.07, 6.45) is 3.95. The van der Waals surface area contributed by atoms with Crippen LogP contribution in [0.4, 0.5) is 0 Å². The number of halogens is 2. The van der Waals surface area contributed by atoms with Crippen LogP contribution < -0.4 is 19.5 Å². The Morgan fingerprint density at radius 3 is 2.40 bits per heavy atom. The van der Waals surface area contributed by atoms with Gasteiger partial charge < -0.3 is 19.5 Å². The number of amides is 1. The molecule has 9 heteroatoms. The molecule has 0 radical (unpaired) electrons. The molecule has 0 fully saturated rings. The number of carbonyl (C=O) groups is 1.